The van der Waals surface area contributed by atoms with Crippen molar-refractivity contribution in [2.75, 3.05) is 0 Å². The van der Waals surface area contributed by atoms with E-state index in [9.17, 15) is 0 Å². The molecule has 38 heavy (non-hydrogen) atoms. The Morgan fingerprint density at radius 2 is 1.16 bits per heavy atom. The highest BCUT2D eigenvalue weighted by atomic mass is 14.3. The van der Waals surface area contributed by atoms with Gasteiger partial charge in [-0.3, -0.25) is 0 Å². The predicted molar refractivity (Wildman–Crippen MR) is 171 cm³/mol. The second-order valence-electron chi connectivity index (χ2n) is 12.9. The van der Waals surface area contributed by atoms with E-state index in [2.05, 4.69) is 56.3 Å². The minimum atomic E-state index is 0.782. The maximum Gasteiger partial charge on any atom is -0.0167 e. The Morgan fingerprint density at radius 3 is 1.71 bits per heavy atom. The van der Waals surface area contributed by atoms with E-state index in [-0.39, 0.29) is 0 Å². The first-order chi connectivity index (χ1) is 18.8. The molecule has 0 spiro atoms. The molecule has 2 aliphatic rings. The van der Waals surface area contributed by atoms with Crippen molar-refractivity contribution < 1.29 is 0 Å². The van der Waals surface area contributed by atoms with Gasteiger partial charge >= 0.3 is 0 Å². The van der Waals surface area contributed by atoms with Gasteiger partial charge in [0.05, 0.1) is 0 Å². The molecule has 0 amide bonds. The van der Waals surface area contributed by atoms with Crippen LogP contribution in [-0.4, -0.2) is 0 Å². The molecular weight excluding hydrogens is 456 g/mol. The number of hydrogen-bond donors (Lipinski definition) is 0. The van der Waals surface area contributed by atoms with Crippen molar-refractivity contribution in [1.29, 1.82) is 0 Å². The highest BCUT2D eigenvalue weighted by molar-refractivity contribution is 5.75. The van der Waals surface area contributed by atoms with Crippen molar-refractivity contribution in [3.05, 3.63) is 53.6 Å². The molecular formula is C38H62. The standard InChI is InChI=1S/C38H62/c1-3-5-7-9-11-13-15-17-19-33-21-25-35(26-22-33)37-29-31-38(32-30-37)36-27-23-34(24-28-36)20-18-16-14-12-10-8-6-4-2/h21-22,25-26,29-31,34,36,38H,3-20,23-24,27-28,32H2,1-2H3. The minimum absolute atomic E-state index is 0.782. The molecule has 1 aromatic rings. The van der Waals surface area contributed by atoms with Crippen LogP contribution in [0.4, 0.5) is 0 Å². The Morgan fingerprint density at radius 1 is 0.605 bits per heavy atom. The zero-order valence-corrected chi connectivity index (χ0v) is 25.5. The van der Waals surface area contributed by atoms with Gasteiger partial charge in [0.2, 0.25) is 0 Å². The summed E-state index contributed by atoms with van der Waals surface area (Å²) in [6.07, 6.45) is 40.3. The Labute approximate surface area is 238 Å². The second kappa shape index (κ2) is 19.7. The molecule has 0 bridgehead atoms. The highest BCUT2D eigenvalue weighted by Gasteiger charge is 2.26. The maximum atomic E-state index is 2.56. The molecule has 0 saturated heterocycles. The number of rotatable bonds is 20. The summed E-state index contributed by atoms with van der Waals surface area (Å²) in [4.78, 5) is 0. The zero-order chi connectivity index (χ0) is 26.7. The summed E-state index contributed by atoms with van der Waals surface area (Å²) in [5, 5.41) is 0. The fraction of sp³-hybridized carbons (Fsp3) is 0.737. The van der Waals surface area contributed by atoms with Gasteiger partial charge in [-0.1, -0.05) is 172 Å². The Bertz CT molecular complexity index is 758. The zero-order valence-electron chi connectivity index (χ0n) is 25.5. The van der Waals surface area contributed by atoms with Gasteiger partial charge in [0.1, 0.15) is 0 Å². The van der Waals surface area contributed by atoms with E-state index in [1.807, 2.05) is 0 Å². The molecule has 1 saturated carbocycles. The van der Waals surface area contributed by atoms with Crippen molar-refractivity contribution in [1.82, 2.24) is 0 Å². The molecule has 1 fully saturated rings. The first-order valence-electron chi connectivity index (χ1n) is 17.3. The average molecular weight is 519 g/mol. The third-order valence-electron chi connectivity index (χ3n) is 9.70. The topological polar surface area (TPSA) is 0 Å². The SMILES string of the molecule is CCCCCCCCCCc1ccc(C2=CCC(C3CCC(CCCCCCCCCC)CC3)C=C2)cc1. The molecule has 0 heterocycles. The van der Waals surface area contributed by atoms with Crippen LogP contribution in [0.2, 0.25) is 0 Å². The van der Waals surface area contributed by atoms with Crippen molar-refractivity contribution in [3.8, 4) is 0 Å². The molecule has 1 atom stereocenters. The Kier molecular flexibility index (Phi) is 16.2. The lowest BCUT2D eigenvalue weighted by Crippen LogP contribution is -2.21. The fourth-order valence-corrected chi connectivity index (χ4v) is 7.00. The maximum absolute atomic E-state index is 2.56. The molecule has 0 heteroatoms. The lowest BCUT2D eigenvalue weighted by molar-refractivity contribution is 0.218. The minimum Gasteiger partial charge on any atom is -0.0802 e. The quantitative estimate of drug-likeness (QED) is 0.151. The monoisotopic (exact) mass is 518 g/mol. The first kappa shape index (κ1) is 31.2. The van der Waals surface area contributed by atoms with Crippen LogP contribution >= 0.6 is 0 Å². The van der Waals surface area contributed by atoms with Gasteiger partial charge in [-0.2, -0.15) is 0 Å². The van der Waals surface area contributed by atoms with Crippen molar-refractivity contribution >= 4 is 5.57 Å². The third-order valence-corrected chi connectivity index (χ3v) is 9.70. The molecule has 1 aromatic carbocycles. The van der Waals surface area contributed by atoms with Crippen LogP contribution in [0.5, 0.6) is 0 Å². The van der Waals surface area contributed by atoms with Gasteiger partial charge in [0.15, 0.2) is 0 Å². The molecule has 0 aromatic heterocycles. The number of unbranched alkanes of at least 4 members (excludes halogenated alkanes) is 14. The van der Waals surface area contributed by atoms with Gasteiger partial charge in [0.25, 0.3) is 0 Å². The molecule has 1 unspecified atom stereocenters. The van der Waals surface area contributed by atoms with Crippen molar-refractivity contribution in [3.63, 3.8) is 0 Å². The van der Waals surface area contributed by atoms with Crippen LogP contribution in [0.25, 0.3) is 5.57 Å². The van der Waals surface area contributed by atoms with E-state index in [1.54, 1.807) is 0 Å². The van der Waals surface area contributed by atoms with Crippen LogP contribution in [0.15, 0.2) is 42.5 Å². The van der Waals surface area contributed by atoms with Gasteiger partial charge in [-0.15, -0.1) is 0 Å². The van der Waals surface area contributed by atoms with Crippen molar-refractivity contribution in [2.45, 2.75) is 162 Å². The normalized spacial score (nSPS) is 21.5. The van der Waals surface area contributed by atoms with Crippen molar-refractivity contribution in [2.24, 2.45) is 17.8 Å². The summed E-state index contributed by atoms with van der Waals surface area (Å²) in [5.74, 6) is 2.73. The average Bonchev–Trinajstić information content (AvgIpc) is 2.97. The summed E-state index contributed by atoms with van der Waals surface area (Å²) in [7, 11) is 0. The first-order valence-corrected chi connectivity index (χ1v) is 17.3. The summed E-state index contributed by atoms with van der Waals surface area (Å²) < 4.78 is 0. The van der Waals surface area contributed by atoms with E-state index in [0.29, 0.717) is 0 Å². The van der Waals surface area contributed by atoms with Crippen LogP contribution < -0.4 is 0 Å². The number of aryl methyl sites for hydroxylation is 1. The van der Waals surface area contributed by atoms with E-state index < -0.39 is 0 Å². The fourth-order valence-electron chi connectivity index (χ4n) is 7.00. The number of hydrogen-bond acceptors (Lipinski definition) is 0. The molecule has 0 N–H and O–H groups in total. The van der Waals surface area contributed by atoms with Crippen LogP contribution in [-0.2, 0) is 6.42 Å². The largest absolute Gasteiger partial charge is 0.0802 e. The van der Waals surface area contributed by atoms with Crippen LogP contribution in [0, 0.1) is 17.8 Å². The summed E-state index contributed by atoms with van der Waals surface area (Å²) in [6.45, 7) is 4.61. The van der Waals surface area contributed by atoms with E-state index in [0.717, 1.165) is 17.8 Å². The third kappa shape index (κ3) is 12.3. The molecule has 2 aliphatic carbocycles. The Balaban J connectivity index is 1.26. The lowest BCUT2D eigenvalue weighted by atomic mass is 9.72. The summed E-state index contributed by atoms with van der Waals surface area (Å²) >= 11 is 0. The molecule has 0 aliphatic heterocycles. The molecule has 3 rings (SSSR count). The Hall–Kier alpha value is -1.30. The van der Waals surface area contributed by atoms with Gasteiger partial charge in [-0.05, 0) is 66.6 Å². The predicted octanol–water partition coefficient (Wildman–Crippen LogP) is 12.7. The van der Waals surface area contributed by atoms with E-state index in [1.165, 1.54) is 164 Å². The molecule has 0 nitrogen and oxygen atoms in total. The summed E-state index contributed by atoms with van der Waals surface area (Å²) in [5.41, 5.74) is 4.37. The van der Waals surface area contributed by atoms with E-state index in [4.69, 9.17) is 0 Å². The molecule has 214 valence electrons. The van der Waals surface area contributed by atoms with Gasteiger partial charge < -0.3 is 0 Å². The van der Waals surface area contributed by atoms with E-state index >= 15 is 0 Å². The van der Waals surface area contributed by atoms with Crippen LogP contribution in [0.3, 0.4) is 0 Å². The highest BCUT2D eigenvalue weighted by Crippen LogP contribution is 2.39. The van der Waals surface area contributed by atoms with Gasteiger partial charge in [-0.25, -0.2) is 0 Å². The number of allylic oxidation sites excluding steroid dienone is 4. The summed E-state index contributed by atoms with van der Waals surface area (Å²) in [6, 6.07) is 9.50. The van der Waals surface area contributed by atoms with Gasteiger partial charge in [0, 0.05) is 0 Å². The molecule has 0 radical (unpaired) electrons. The lowest BCUT2D eigenvalue weighted by Gasteiger charge is -2.33. The second-order valence-corrected chi connectivity index (χ2v) is 12.9. The number of benzene rings is 1. The van der Waals surface area contributed by atoms with Crippen LogP contribution in [0.1, 0.15) is 166 Å². The smallest absolute Gasteiger partial charge is 0.0167 e.